The number of methoxy groups -OCH3 is 1. The van der Waals surface area contributed by atoms with Gasteiger partial charge in [-0.3, -0.25) is 0 Å². The van der Waals surface area contributed by atoms with Gasteiger partial charge >= 0.3 is 0 Å². The molecule has 18 heavy (non-hydrogen) atoms. The van der Waals surface area contributed by atoms with Crippen molar-refractivity contribution >= 4 is 0 Å². The van der Waals surface area contributed by atoms with Gasteiger partial charge in [0.15, 0.2) is 0 Å². The van der Waals surface area contributed by atoms with Gasteiger partial charge in [0.2, 0.25) is 0 Å². The third-order valence-electron chi connectivity index (χ3n) is 2.90. The zero-order valence-corrected chi connectivity index (χ0v) is 10.8. The fourth-order valence-electron chi connectivity index (χ4n) is 1.44. The van der Waals surface area contributed by atoms with Crippen molar-refractivity contribution in [1.82, 2.24) is 0 Å². The summed E-state index contributed by atoms with van der Waals surface area (Å²) in [6.45, 7) is 5.30. The molecule has 0 unspecified atom stereocenters. The molecule has 0 fully saturated rings. The molecule has 2 N–H and O–H groups in total. The maximum absolute atomic E-state index is 10.0. The lowest BCUT2D eigenvalue weighted by molar-refractivity contribution is 0.00122. The molecule has 4 heteroatoms. The van der Waals surface area contributed by atoms with E-state index in [1.807, 2.05) is 0 Å². The van der Waals surface area contributed by atoms with Crippen LogP contribution in [0.3, 0.4) is 0 Å². The standard InChI is InChI=1S/C14H20O4/c1-11(2)14(16,10-15)8-9-18-13-6-4-12(17-3)5-7-13/h4-7,15-16H,1,8-10H2,2-3H3/t14-/m1/s1. The molecule has 0 amide bonds. The quantitative estimate of drug-likeness (QED) is 0.726. The minimum absolute atomic E-state index is 0.296. The summed E-state index contributed by atoms with van der Waals surface area (Å²) in [5.74, 6) is 1.45. The van der Waals surface area contributed by atoms with Crippen molar-refractivity contribution in [1.29, 1.82) is 0 Å². The zero-order chi connectivity index (χ0) is 13.6. The van der Waals surface area contributed by atoms with Gasteiger partial charge < -0.3 is 19.7 Å². The number of rotatable bonds is 7. The minimum atomic E-state index is -1.27. The van der Waals surface area contributed by atoms with Gasteiger partial charge in [-0.1, -0.05) is 6.58 Å². The Morgan fingerprint density at radius 3 is 2.28 bits per heavy atom. The summed E-state index contributed by atoms with van der Waals surface area (Å²) in [4.78, 5) is 0. The van der Waals surface area contributed by atoms with Gasteiger partial charge in [0.1, 0.15) is 17.1 Å². The first-order valence-corrected chi connectivity index (χ1v) is 5.78. The molecule has 0 saturated heterocycles. The van der Waals surface area contributed by atoms with Crippen molar-refractivity contribution in [3.05, 3.63) is 36.4 Å². The number of aliphatic hydroxyl groups is 2. The number of benzene rings is 1. The monoisotopic (exact) mass is 252 g/mol. The predicted octanol–water partition coefficient (Wildman–Crippen LogP) is 1.76. The van der Waals surface area contributed by atoms with E-state index in [-0.39, 0.29) is 6.61 Å². The summed E-state index contributed by atoms with van der Waals surface area (Å²) in [5, 5.41) is 19.1. The molecule has 0 radical (unpaired) electrons. The minimum Gasteiger partial charge on any atom is -0.497 e. The first-order chi connectivity index (χ1) is 8.51. The fourth-order valence-corrected chi connectivity index (χ4v) is 1.44. The molecule has 4 nitrogen and oxygen atoms in total. The average Bonchev–Trinajstić information content (AvgIpc) is 2.39. The van der Waals surface area contributed by atoms with Crippen LogP contribution in [0.4, 0.5) is 0 Å². The largest absolute Gasteiger partial charge is 0.497 e. The summed E-state index contributed by atoms with van der Waals surface area (Å²) >= 11 is 0. The van der Waals surface area contributed by atoms with Crippen LogP contribution in [0.5, 0.6) is 11.5 Å². The molecule has 1 aromatic carbocycles. The van der Waals surface area contributed by atoms with Gasteiger partial charge in [-0.25, -0.2) is 0 Å². The fraction of sp³-hybridized carbons (Fsp3) is 0.429. The van der Waals surface area contributed by atoms with Gasteiger partial charge in [-0.05, 0) is 36.8 Å². The Balaban J connectivity index is 2.47. The highest BCUT2D eigenvalue weighted by atomic mass is 16.5. The second kappa shape index (κ2) is 6.42. The first-order valence-electron chi connectivity index (χ1n) is 5.78. The van der Waals surface area contributed by atoms with Crippen LogP contribution in [0.15, 0.2) is 36.4 Å². The topological polar surface area (TPSA) is 58.9 Å². The molecule has 1 rings (SSSR count). The molecule has 0 aliphatic carbocycles. The molecule has 0 heterocycles. The van der Waals surface area contributed by atoms with Crippen molar-refractivity contribution < 1.29 is 19.7 Å². The number of aliphatic hydroxyl groups excluding tert-OH is 1. The molecule has 1 aromatic rings. The highest BCUT2D eigenvalue weighted by molar-refractivity contribution is 5.31. The van der Waals surface area contributed by atoms with E-state index >= 15 is 0 Å². The Hall–Kier alpha value is -1.52. The Morgan fingerprint density at radius 1 is 1.28 bits per heavy atom. The van der Waals surface area contributed by atoms with E-state index in [0.717, 1.165) is 5.75 Å². The normalized spacial score (nSPS) is 13.8. The second-order valence-electron chi connectivity index (χ2n) is 4.24. The smallest absolute Gasteiger partial charge is 0.119 e. The van der Waals surface area contributed by atoms with Crippen LogP contribution in [-0.4, -0.2) is 36.1 Å². The van der Waals surface area contributed by atoms with Crippen LogP contribution >= 0.6 is 0 Å². The molecule has 0 bridgehead atoms. The number of hydrogen-bond acceptors (Lipinski definition) is 4. The number of ether oxygens (including phenoxy) is 2. The van der Waals surface area contributed by atoms with Crippen molar-refractivity contribution in [2.75, 3.05) is 20.3 Å². The zero-order valence-electron chi connectivity index (χ0n) is 10.8. The van der Waals surface area contributed by atoms with Crippen LogP contribution < -0.4 is 9.47 Å². The summed E-state index contributed by atoms with van der Waals surface area (Å²) in [5.41, 5.74) is -0.740. The van der Waals surface area contributed by atoms with Crippen LogP contribution in [0, 0.1) is 0 Å². The maximum atomic E-state index is 10.0. The summed E-state index contributed by atoms with van der Waals surface area (Å²) in [6.07, 6.45) is 0.296. The first kappa shape index (κ1) is 14.5. The lowest BCUT2D eigenvalue weighted by atomic mass is 9.94. The van der Waals surface area contributed by atoms with E-state index in [9.17, 15) is 5.11 Å². The Bertz CT molecular complexity index is 385. The van der Waals surface area contributed by atoms with E-state index in [4.69, 9.17) is 14.6 Å². The third-order valence-corrected chi connectivity index (χ3v) is 2.90. The molecule has 0 spiro atoms. The van der Waals surface area contributed by atoms with Crippen molar-refractivity contribution in [2.24, 2.45) is 0 Å². The summed E-state index contributed by atoms with van der Waals surface area (Å²) in [6, 6.07) is 7.17. The van der Waals surface area contributed by atoms with Crippen molar-refractivity contribution in [2.45, 2.75) is 18.9 Å². The third kappa shape index (κ3) is 3.75. The number of hydrogen-bond donors (Lipinski definition) is 2. The van der Waals surface area contributed by atoms with Crippen LogP contribution in [-0.2, 0) is 0 Å². The lowest BCUT2D eigenvalue weighted by Crippen LogP contribution is -2.36. The highest BCUT2D eigenvalue weighted by Gasteiger charge is 2.26. The van der Waals surface area contributed by atoms with Crippen molar-refractivity contribution in [3.63, 3.8) is 0 Å². The molecular weight excluding hydrogens is 232 g/mol. The lowest BCUT2D eigenvalue weighted by Gasteiger charge is -2.26. The second-order valence-corrected chi connectivity index (χ2v) is 4.24. The van der Waals surface area contributed by atoms with Gasteiger partial charge in [0.05, 0.1) is 20.3 Å². The Morgan fingerprint density at radius 2 is 1.83 bits per heavy atom. The van der Waals surface area contributed by atoms with E-state index < -0.39 is 5.60 Å². The predicted molar refractivity (Wildman–Crippen MR) is 70.0 cm³/mol. The SMILES string of the molecule is C=C(C)[C@](O)(CO)CCOc1ccc(OC)cc1. The molecular formula is C14H20O4. The van der Waals surface area contributed by atoms with Gasteiger partial charge in [-0.2, -0.15) is 0 Å². The summed E-state index contributed by atoms with van der Waals surface area (Å²) in [7, 11) is 1.60. The molecule has 1 atom stereocenters. The van der Waals surface area contributed by atoms with Gasteiger partial charge in [-0.15, -0.1) is 0 Å². The molecule has 0 aromatic heterocycles. The van der Waals surface area contributed by atoms with Gasteiger partial charge in [0, 0.05) is 6.42 Å². The average molecular weight is 252 g/mol. The van der Waals surface area contributed by atoms with Crippen molar-refractivity contribution in [3.8, 4) is 11.5 Å². The highest BCUT2D eigenvalue weighted by Crippen LogP contribution is 2.21. The van der Waals surface area contributed by atoms with E-state index in [1.54, 1.807) is 38.3 Å². The maximum Gasteiger partial charge on any atom is 0.119 e. The Kier molecular flexibility index (Phi) is 5.19. The Labute approximate surface area is 107 Å². The van der Waals surface area contributed by atoms with Crippen LogP contribution in [0.2, 0.25) is 0 Å². The van der Waals surface area contributed by atoms with E-state index in [1.165, 1.54) is 0 Å². The van der Waals surface area contributed by atoms with E-state index in [0.29, 0.717) is 24.4 Å². The van der Waals surface area contributed by atoms with Crippen LogP contribution in [0.1, 0.15) is 13.3 Å². The molecule has 0 aliphatic rings. The van der Waals surface area contributed by atoms with Crippen LogP contribution in [0.25, 0.3) is 0 Å². The summed E-state index contributed by atoms with van der Waals surface area (Å²) < 4.78 is 10.5. The van der Waals surface area contributed by atoms with E-state index in [2.05, 4.69) is 6.58 Å². The van der Waals surface area contributed by atoms with Gasteiger partial charge in [0.25, 0.3) is 0 Å². The molecule has 0 saturated carbocycles. The molecule has 0 aliphatic heterocycles. The molecule has 100 valence electrons.